The number of hydrogen-bond donors (Lipinski definition) is 2. The summed E-state index contributed by atoms with van der Waals surface area (Å²) in [6, 6.07) is 8.52. The van der Waals surface area contributed by atoms with Gasteiger partial charge in [0.05, 0.1) is 35.2 Å². The van der Waals surface area contributed by atoms with Crippen molar-refractivity contribution >= 4 is 60.4 Å². The summed E-state index contributed by atoms with van der Waals surface area (Å²) < 4.78 is 4.31. The number of fused-ring (bicyclic) bond motifs is 2. The fourth-order valence-corrected chi connectivity index (χ4v) is 5.23. The fraction of sp³-hybridized carbons (Fsp3) is 0.350. The van der Waals surface area contributed by atoms with Crippen molar-refractivity contribution in [1.29, 1.82) is 0 Å². The topological polar surface area (TPSA) is 75.9 Å². The highest BCUT2D eigenvalue weighted by atomic mass is 127. The summed E-state index contributed by atoms with van der Waals surface area (Å²) in [4.78, 5) is 13.7. The van der Waals surface area contributed by atoms with E-state index in [9.17, 15) is 5.11 Å². The van der Waals surface area contributed by atoms with Crippen LogP contribution in [-0.4, -0.2) is 36.8 Å². The Morgan fingerprint density at radius 2 is 2.07 bits per heavy atom. The van der Waals surface area contributed by atoms with Crippen molar-refractivity contribution in [3.63, 3.8) is 0 Å². The first-order chi connectivity index (χ1) is 13.7. The number of imidazole rings is 1. The van der Waals surface area contributed by atoms with Gasteiger partial charge in [-0.25, -0.2) is 15.0 Å². The maximum Gasteiger partial charge on any atom is 0.184 e. The molecule has 0 saturated heterocycles. The molecule has 1 fully saturated rings. The van der Waals surface area contributed by atoms with E-state index in [1.54, 1.807) is 11.3 Å². The molecule has 3 aromatic heterocycles. The van der Waals surface area contributed by atoms with E-state index in [1.165, 1.54) is 5.56 Å². The van der Waals surface area contributed by atoms with Crippen LogP contribution in [0.1, 0.15) is 31.2 Å². The van der Waals surface area contributed by atoms with Gasteiger partial charge in [-0.3, -0.25) is 0 Å². The molecule has 0 spiro atoms. The predicted molar refractivity (Wildman–Crippen MR) is 121 cm³/mol. The highest BCUT2D eigenvalue weighted by molar-refractivity contribution is 14.1. The minimum absolute atomic E-state index is 0.111. The third-order valence-electron chi connectivity index (χ3n) is 5.27. The lowest BCUT2D eigenvalue weighted by Crippen LogP contribution is -2.36. The molecule has 0 amide bonds. The van der Waals surface area contributed by atoms with Crippen molar-refractivity contribution in [2.75, 3.05) is 5.32 Å². The normalized spacial score (nSPS) is 20.1. The van der Waals surface area contributed by atoms with Crippen LogP contribution < -0.4 is 5.32 Å². The Kier molecular flexibility index (Phi) is 4.93. The largest absolute Gasteiger partial charge is 0.391 e. The van der Waals surface area contributed by atoms with Gasteiger partial charge in [0.1, 0.15) is 5.52 Å². The maximum absolute atomic E-state index is 10.2. The Hall–Kier alpha value is -1.78. The van der Waals surface area contributed by atoms with Gasteiger partial charge in [0.2, 0.25) is 0 Å². The summed E-state index contributed by atoms with van der Waals surface area (Å²) in [6.45, 7) is 0.724. The Morgan fingerprint density at radius 3 is 2.96 bits per heavy atom. The summed E-state index contributed by atoms with van der Waals surface area (Å²) in [5.74, 6) is 0. The molecule has 3 heterocycles. The molecule has 0 aliphatic heterocycles. The predicted octanol–water partition coefficient (Wildman–Crippen LogP) is 4.41. The number of thiazole rings is 1. The van der Waals surface area contributed by atoms with Crippen LogP contribution in [0.2, 0.25) is 0 Å². The molecule has 0 radical (unpaired) electrons. The van der Waals surface area contributed by atoms with Crippen LogP contribution in [0.25, 0.3) is 21.4 Å². The molecular formula is C20H20IN5OS. The smallest absolute Gasteiger partial charge is 0.184 e. The second-order valence-corrected chi connectivity index (χ2v) is 9.57. The molecule has 1 saturated carbocycles. The number of hydrogen-bond acceptors (Lipinski definition) is 6. The van der Waals surface area contributed by atoms with Crippen LogP contribution in [0.3, 0.4) is 0 Å². The number of halogens is 1. The summed E-state index contributed by atoms with van der Waals surface area (Å²) in [7, 11) is 0. The number of pyridine rings is 1. The quantitative estimate of drug-likeness (QED) is 0.402. The number of aromatic nitrogens is 4. The van der Waals surface area contributed by atoms with Gasteiger partial charge in [0.15, 0.2) is 10.8 Å². The minimum atomic E-state index is -0.276. The molecule has 28 heavy (non-hydrogen) atoms. The fourth-order valence-electron chi connectivity index (χ4n) is 3.80. The lowest BCUT2D eigenvalue weighted by Gasteiger charge is -2.27. The van der Waals surface area contributed by atoms with E-state index in [-0.39, 0.29) is 12.1 Å². The van der Waals surface area contributed by atoms with Crippen LogP contribution >= 0.6 is 33.9 Å². The SMILES string of the molecule is OC1CCCCC1Nc1nc2ccc(Cn3cnc4cc(I)cnc43)cc2s1. The first-order valence-corrected chi connectivity index (χ1v) is 11.4. The van der Waals surface area contributed by atoms with E-state index >= 15 is 0 Å². The average Bonchev–Trinajstić information content (AvgIpc) is 3.26. The number of nitrogens with zero attached hydrogens (tertiary/aromatic N) is 4. The van der Waals surface area contributed by atoms with E-state index in [2.05, 4.69) is 60.6 Å². The van der Waals surface area contributed by atoms with E-state index in [0.717, 1.165) is 62.3 Å². The van der Waals surface area contributed by atoms with Crippen LogP contribution in [-0.2, 0) is 6.54 Å². The van der Waals surface area contributed by atoms with Crippen molar-refractivity contribution in [3.8, 4) is 0 Å². The standard InChI is InChI=1S/C20H20IN5OS/c21-13-8-16-19(22-9-13)26(11-23-16)10-12-5-6-15-18(7-12)28-20(25-15)24-14-3-1-2-4-17(14)27/h5-9,11,14,17,27H,1-4,10H2,(H,24,25). The van der Waals surface area contributed by atoms with E-state index in [4.69, 9.17) is 4.98 Å². The number of rotatable bonds is 4. The molecule has 2 N–H and O–H groups in total. The molecule has 2 unspecified atom stereocenters. The van der Waals surface area contributed by atoms with Crippen molar-refractivity contribution < 1.29 is 5.11 Å². The van der Waals surface area contributed by atoms with Crippen molar-refractivity contribution in [2.45, 2.75) is 44.4 Å². The van der Waals surface area contributed by atoms with Gasteiger partial charge in [-0.1, -0.05) is 30.2 Å². The molecule has 0 bridgehead atoms. The Morgan fingerprint density at radius 1 is 1.18 bits per heavy atom. The lowest BCUT2D eigenvalue weighted by atomic mass is 9.93. The zero-order valence-electron chi connectivity index (χ0n) is 15.2. The molecular weight excluding hydrogens is 485 g/mol. The first-order valence-electron chi connectivity index (χ1n) is 9.46. The van der Waals surface area contributed by atoms with Gasteiger partial charge in [0.25, 0.3) is 0 Å². The molecule has 144 valence electrons. The van der Waals surface area contributed by atoms with Crippen molar-refractivity contribution in [2.24, 2.45) is 0 Å². The van der Waals surface area contributed by atoms with E-state index in [0.29, 0.717) is 0 Å². The van der Waals surface area contributed by atoms with Crippen LogP contribution in [0, 0.1) is 3.57 Å². The van der Waals surface area contributed by atoms with Crippen LogP contribution in [0.15, 0.2) is 36.8 Å². The number of benzene rings is 1. The molecule has 6 nitrogen and oxygen atoms in total. The number of aliphatic hydroxyl groups is 1. The molecule has 5 rings (SSSR count). The van der Waals surface area contributed by atoms with Crippen LogP contribution in [0.5, 0.6) is 0 Å². The highest BCUT2D eigenvalue weighted by Gasteiger charge is 2.23. The zero-order chi connectivity index (χ0) is 19.1. The summed E-state index contributed by atoms with van der Waals surface area (Å²) in [6.07, 6.45) is 7.59. The van der Waals surface area contributed by atoms with Gasteiger partial charge >= 0.3 is 0 Å². The lowest BCUT2D eigenvalue weighted by molar-refractivity contribution is 0.116. The van der Waals surface area contributed by atoms with Gasteiger partial charge in [-0.05, 0) is 59.2 Å². The molecule has 4 aromatic rings. The summed E-state index contributed by atoms with van der Waals surface area (Å²) in [5.41, 5.74) is 4.01. The maximum atomic E-state index is 10.2. The van der Waals surface area contributed by atoms with Gasteiger partial charge in [0, 0.05) is 9.77 Å². The third kappa shape index (κ3) is 3.60. The highest BCUT2D eigenvalue weighted by Crippen LogP contribution is 2.30. The molecule has 1 aliphatic rings. The molecule has 8 heteroatoms. The van der Waals surface area contributed by atoms with Gasteiger partial charge < -0.3 is 15.0 Å². The first kappa shape index (κ1) is 18.3. The monoisotopic (exact) mass is 505 g/mol. The summed E-state index contributed by atoms with van der Waals surface area (Å²) in [5, 5.41) is 14.5. The second kappa shape index (κ2) is 7.57. The number of nitrogens with one attached hydrogen (secondary N) is 1. The second-order valence-electron chi connectivity index (χ2n) is 7.29. The number of aliphatic hydroxyl groups excluding tert-OH is 1. The average molecular weight is 505 g/mol. The number of anilines is 1. The zero-order valence-corrected chi connectivity index (χ0v) is 18.2. The van der Waals surface area contributed by atoms with Gasteiger partial charge in [-0.15, -0.1) is 0 Å². The van der Waals surface area contributed by atoms with Crippen molar-refractivity contribution in [1.82, 2.24) is 19.5 Å². The minimum Gasteiger partial charge on any atom is -0.391 e. The molecule has 2 atom stereocenters. The van der Waals surface area contributed by atoms with E-state index in [1.807, 2.05) is 18.6 Å². The molecule has 1 aliphatic carbocycles. The van der Waals surface area contributed by atoms with Crippen LogP contribution in [0.4, 0.5) is 5.13 Å². The summed E-state index contributed by atoms with van der Waals surface area (Å²) >= 11 is 3.90. The Bertz CT molecular complexity index is 1140. The van der Waals surface area contributed by atoms with E-state index < -0.39 is 0 Å². The van der Waals surface area contributed by atoms with Gasteiger partial charge in [-0.2, -0.15) is 0 Å². The Labute approximate surface area is 180 Å². The molecule has 1 aromatic carbocycles. The third-order valence-corrected chi connectivity index (χ3v) is 6.81. The Balaban J connectivity index is 1.38. The van der Waals surface area contributed by atoms with Crippen molar-refractivity contribution in [3.05, 3.63) is 45.9 Å².